The predicted molar refractivity (Wildman–Crippen MR) is 132 cm³/mol. The van der Waals surface area contributed by atoms with Crippen molar-refractivity contribution in [1.82, 2.24) is 19.7 Å². The SMILES string of the molecule is COC(=O)C1(OC)CCN(c2nc(Nc3cc(C)n(C4CCCCO4)n3)c3ccccc3n2)CC1. The summed E-state index contributed by atoms with van der Waals surface area (Å²) in [5.74, 6) is 1.67. The number of rotatable bonds is 6. The fourth-order valence-electron chi connectivity index (χ4n) is 4.92. The molecule has 2 fully saturated rings. The van der Waals surface area contributed by atoms with E-state index in [0.717, 1.165) is 42.5 Å². The van der Waals surface area contributed by atoms with Gasteiger partial charge in [-0.2, -0.15) is 10.1 Å². The van der Waals surface area contributed by atoms with Crippen LogP contribution in [0.2, 0.25) is 0 Å². The number of esters is 1. The molecular weight excluding hydrogens is 448 g/mol. The first-order valence-corrected chi connectivity index (χ1v) is 12.1. The second-order valence-corrected chi connectivity index (χ2v) is 9.13. The zero-order valence-electron chi connectivity index (χ0n) is 20.5. The van der Waals surface area contributed by atoms with Crippen molar-refractivity contribution < 1.29 is 19.0 Å². The van der Waals surface area contributed by atoms with Crippen LogP contribution in [0.1, 0.15) is 44.0 Å². The second kappa shape index (κ2) is 9.79. The van der Waals surface area contributed by atoms with Gasteiger partial charge in [-0.05, 0) is 38.3 Å². The number of anilines is 3. The summed E-state index contributed by atoms with van der Waals surface area (Å²) in [5, 5.41) is 9.10. The lowest BCUT2D eigenvalue weighted by molar-refractivity contribution is -0.168. The molecule has 3 aromatic rings. The van der Waals surface area contributed by atoms with Crippen molar-refractivity contribution >= 4 is 34.5 Å². The molecule has 5 rings (SSSR count). The van der Waals surface area contributed by atoms with Crippen molar-refractivity contribution in [3.05, 3.63) is 36.0 Å². The Kier molecular flexibility index (Phi) is 6.57. The molecule has 1 aromatic carbocycles. The number of benzene rings is 1. The first-order valence-electron chi connectivity index (χ1n) is 12.1. The standard InChI is InChI=1S/C25H32N6O4/c1-17-16-20(29-31(17)21-10-6-7-15-35-21)27-22-18-8-4-5-9-19(18)26-24(28-22)30-13-11-25(34-3,12-14-30)23(32)33-2/h4-5,8-9,16,21H,6-7,10-15H2,1-3H3,(H,26,27,28,29). The lowest BCUT2D eigenvalue weighted by Gasteiger charge is -2.38. The Labute approximate surface area is 204 Å². The first-order chi connectivity index (χ1) is 17.0. The maximum Gasteiger partial charge on any atom is 0.338 e. The van der Waals surface area contributed by atoms with Gasteiger partial charge in [0.1, 0.15) is 5.82 Å². The van der Waals surface area contributed by atoms with Crippen LogP contribution in [0.25, 0.3) is 10.9 Å². The Morgan fingerprint density at radius 2 is 1.97 bits per heavy atom. The van der Waals surface area contributed by atoms with Gasteiger partial charge in [0.05, 0.1) is 12.6 Å². The molecule has 0 bridgehead atoms. The van der Waals surface area contributed by atoms with E-state index in [-0.39, 0.29) is 12.2 Å². The van der Waals surface area contributed by atoms with Crippen LogP contribution in [-0.2, 0) is 19.0 Å². The molecule has 0 aliphatic carbocycles. The van der Waals surface area contributed by atoms with E-state index in [4.69, 9.17) is 29.3 Å². The van der Waals surface area contributed by atoms with E-state index < -0.39 is 5.60 Å². The van der Waals surface area contributed by atoms with E-state index in [1.165, 1.54) is 7.11 Å². The van der Waals surface area contributed by atoms with Crippen LogP contribution in [-0.4, -0.2) is 65.2 Å². The molecule has 2 aliphatic heterocycles. The third kappa shape index (κ3) is 4.55. The van der Waals surface area contributed by atoms with Gasteiger partial charge in [0, 0.05) is 56.8 Å². The maximum atomic E-state index is 12.3. The van der Waals surface area contributed by atoms with E-state index in [9.17, 15) is 4.79 Å². The van der Waals surface area contributed by atoms with Gasteiger partial charge in [-0.15, -0.1) is 0 Å². The van der Waals surface area contributed by atoms with Crippen LogP contribution in [0.15, 0.2) is 30.3 Å². The van der Waals surface area contributed by atoms with Crippen LogP contribution in [0.3, 0.4) is 0 Å². The molecule has 0 spiro atoms. The number of carbonyl (C=O) groups excluding carboxylic acids is 1. The second-order valence-electron chi connectivity index (χ2n) is 9.13. The molecule has 1 atom stereocenters. The molecule has 0 radical (unpaired) electrons. The minimum Gasteiger partial charge on any atom is -0.467 e. The topological polar surface area (TPSA) is 104 Å². The van der Waals surface area contributed by atoms with Crippen molar-refractivity contribution in [2.24, 2.45) is 0 Å². The highest BCUT2D eigenvalue weighted by Crippen LogP contribution is 2.32. The normalized spacial score (nSPS) is 20.1. The van der Waals surface area contributed by atoms with Gasteiger partial charge in [0.25, 0.3) is 0 Å². The first kappa shape index (κ1) is 23.5. The lowest BCUT2D eigenvalue weighted by atomic mass is 9.91. The molecule has 2 aliphatic rings. The average Bonchev–Trinajstić information content (AvgIpc) is 3.28. The summed E-state index contributed by atoms with van der Waals surface area (Å²) in [5.41, 5.74) is 0.949. The van der Waals surface area contributed by atoms with Crippen molar-refractivity contribution in [2.75, 3.05) is 44.1 Å². The average molecular weight is 481 g/mol. The highest BCUT2D eigenvalue weighted by molar-refractivity contribution is 5.91. The molecule has 35 heavy (non-hydrogen) atoms. The van der Waals surface area contributed by atoms with E-state index in [2.05, 4.69) is 10.2 Å². The predicted octanol–water partition coefficient (Wildman–Crippen LogP) is 3.74. The van der Waals surface area contributed by atoms with Gasteiger partial charge in [-0.3, -0.25) is 0 Å². The van der Waals surface area contributed by atoms with Crippen LogP contribution in [0.4, 0.5) is 17.6 Å². The molecular formula is C25H32N6O4. The quantitative estimate of drug-likeness (QED) is 0.529. The number of nitrogens with one attached hydrogen (secondary N) is 1. The number of hydrogen-bond acceptors (Lipinski definition) is 9. The number of carbonyl (C=O) groups is 1. The number of ether oxygens (including phenoxy) is 3. The van der Waals surface area contributed by atoms with Crippen molar-refractivity contribution in [3.8, 4) is 0 Å². The molecule has 4 heterocycles. The molecule has 1 unspecified atom stereocenters. The van der Waals surface area contributed by atoms with Gasteiger partial charge >= 0.3 is 5.97 Å². The smallest absolute Gasteiger partial charge is 0.338 e. The van der Waals surface area contributed by atoms with Crippen LogP contribution < -0.4 is 10.2 Å². The Morgan fingerprint density at radius 3 is 2.69 bits per heavy atom. The Balaban J connectivity index is 1.42. The summed E-state index contributed by atoms with van der Waals surface area (Å²) >= 11 is 0. The van der Waals surface area contributed by atoms with Gasteiger partial charge in [0.2, 0.25) is 5.95 Å². The molecule has 0 saturated carbocycles. The minimum absolute atomic E-state index is 0.0267. The lowest BCUT2D eigenvalue weighted by Crippen LogP contribution is -2.51. The summed E-state index contributed by atoms with van der Waals surface area (Å²) < 4.78 is 18.4. The molecule has 2 aromatic heterocycles. The molecule has 10 heteroatoms. The zero-order chi connectivity index (χ0) is 24.4. The monoisotopic (exact) mass is 480 g/mol. The van der Waals surface area contributed by atoms with Crippen LogP contribution >= 0.6 is 0 Å². The fraction of sp³-hybridized carbons (Fsp3) is 0.520. The highest BCUT2D eigenvalue weighted by Gasteiger charge is 2.43. The number of fused-ring (bicyclic) bond motifs is 1. The summed E-state index contributed by atoms with van der Waals surface area (Å²) in [6.07, 6.45) is 4.18. The number of aryl methyl sites for hydroxylation is 1. The number of hydrogen-bond donors (Lipinski definition) is 1. The summed E-state index contributed by atoms with van der Waals surface area (Å²) in [6, 6.07) is 9.92. The van der Waals surface area contributed by atoms with E-state index >= 15 is 0 Å². The third-order valence-electron chi connectivity index (χ3n) is 6.99. The Hall–Kier alpha value is -3.24. The summed E-state index contributed by atoms with van der Waals surface area (Å²) in [4.78, 5) is 24.1. The summed E-state index contributed by atoms with van der Waals surface area (Å²) in [7, 11) is 2.95. The van der Waals surface area contributed by atoms with Gasteiger partial charge in [-0.1, -0.05) is 12.1 Å². The van der Waals surface area contributed by atoms with Crippen molar-refractivity contribution in [3.63, 3.8) is 0 Å². The maximum absolute atomic E-state index is 12.3. The number of aromatic nitrogens is 4. The minimum atomic E-state index is -0.922. The van der Waals surface area contributed by atoms with Gasteiger partial charge in [0.15, 0.2) is 17.6 Å². The Bertz CT molecular complexity index is 1200. The van der Waals surface area contributed by atoms with Gasteiger partial charge in [-0.25, -0.2) is 14.5 Å². The number of methoxy groups -OCH3 is 2. The molecule has 186 valence electrons. The van der Waals surface area contributed by atoms with Crippen LogP contribution in [0.5, 0.6) is 0 Å². The van der Waals surface area contributed by atoms with Crippen molar-refractivity contribution in [1.29, 1.82) is 0 Å². The third-order valence-corrected chi connectivity index (χ3v) is 6.99. The molecule has 0 amide bonds. The highest BCUT2D eigenvalue weighted by atomic mass is 16.6. The van der Waals surface area contributed by atoms with E-state index in [1.807, 2.05) is 41.9 Å². The molecule has 1 N–H and O–H groups in total. The van der Waals surface area contributed by atoms with Crippen LogP contribution in [0, 0.1) is 6.92 Å². The van der Waals surface area contributed by atoms with Gasteiger partial charge < -0.3 is 24.4 Å². The number of para-hydroxylation sites is 1. The Morgan fingerprint density at radius 1 is 1.17 bits per heavy atom. The summed E-state index contributed by atoms with van der Waals surface area (Å²) in [6.45, 7) is 3.96. The molecule has 2 saturated heterocycles. The van der Waals surface area contributed by atoms with Crippen molar-refractivity contribution in [2.45, 2.75) is 50.9 Å². The largest absolute Gasteiger partial charge is 0.467 e. The van der Waals surface area contributed by atoms with E-state index in [1.54, 1.807) is 7.11 Å². The fourth-order valence-corrected chi connectivity index (χ4v) is 4.92. The molecule has 10 nitrogen and oxygen atoms in total. The number of nitrogens with zero attached hydrogens (tertiary/aromatic N) is 5. The van der Waals surface area contributed by atoms with E-state index in [0.29, 0.717) is 43.5 Å². The number of piperidine rings is 1. The zero-order valence-corrected chi connectivity index (χ0v) is 20.5.